The number of benzene rings is 1. The summed E-state index contributed by atoms with van der Waals surface area (Å²) in [4.78, 5) is 14.1. The van der Waals surface area contributed by atoms with Gasteiger partial charge in [0, 0.05) is 24.3 Å². The average molecular weight is 248 g/mol. The highest BCUT2D eigenvalue weighted by molar-refractivity contribution is 5.95. The zero-order valence-corrected chi connectivity index (χ0v) is 12.0. The van der Waals surface area contributed by atoms with Crippen LogP contribution in [0.3, 0.4) is 0 Å². The van der Waals surface area contributed by atoms with Crippen LogP contribution in [0.2, 0.25) is 0 Å². The Morgan fingerprint density at radius 2 is 1.94 bits per heavy atom. The van der Waals surface area contributed by atoms with Crippen LogP contribution in [0.25, 0.3) is 0 Å². The molecule has 0 saturated carbocycles. The SMILES string of the molecule is Cc1ccc(C(=O)N(C)C(C)CC(C)C)cc1N. The van der Waals surface area contributed by atoms with Crippen LogP contribution in [0.5, 0.6) is 0 Å². The lowest BCUT2D eigenvalue weighted by atomic mass is 10.0. The zero-order valence-electron chi connectivity index (χ0n) is 12.0. The van der Waals surface area contributed by atoms with E-state index in [9.17, 15) is 4.79 Å². The van der Waals surface area contributed by atoms with Gasteiger partial charge in [-0.1, -0.05) is 19.9 Å². The maximum atomic E-state index is 12.3. The molecule has 1 atom stereocenters. The number of nitrogens with zero attached hydrogens (tertiary/aromatic N) is 1. The number of hydrogen-bond donors (Lipinski definition) is 1. The van der Waals surface area contributed by atoms with Gasteiger partial charge in [0.1, 0.15) is 0 Å². The molecule has 1 aromatic carbocycles. The van der Waals surface area contributed by atoms with Crippen molar-refractivity contribution in [1.29, 1.82) is 0 Å². The molecule has 0 heterocycles. The van der Waals surface area contributed by atoms with Gasteiger partial charge >= 0.3 is 0 Å². The molecule has 0 aromatic heterocycles. The number of rotatable bonds is 4. The van der Waals surface area contributed by atoms with E-state index < -0.39 is 0 Å². The van der Waals surface area contributed by atoms with Crippen molar-refractivity contribution < 1.29 is 4.79 Å². The lowest BCUT2D eigenvalue weighted by Gasteiger charge is -2.26. The first-order valence-electron chi connectivity index (χ1n) is 6.46. The number of nitrogen functional groups attached to an aromatic ring is 1. The van der Waals surface area contributed by atoms with Crippen LogP contribution in [-0.4, -0.2) is 23.9 Å². The van der Waals surface area contributed by atoms with E-state index in [-0.39, 0.29) is 11.9 Å². The van der Waals surface area contributed by atoms with E-state index >= 15 is 0 Å². The molecule has 0 radical (unpaired) electrons. The summed E-state index contributed by atoms with van der Waals surface area (Å²) in [5, 5.41) is 0. The molecule has 0 aliphatic heterocycles. The maximum absolute atomic E-state index is 12.3. The summed E-state index contributed by atoms with van der Waals surface area (Å²) < 4.78 is 0. The van der Waals surface area contributed by atoms with E-state index in [4.69, 9.17) is 5.73 Å². The minimum atomic E-state index is 0.0369. The highest BCUT2D eigenvalue weighted by Gasteiger charge is 2.18. The Hall–Kier alpha value is -1.51. The fourth-order valence-electron chi connectivity index (χ4n) is 2.02. The van der Waals surface area contributed by atoms with E-state index in [1.54, 1.807) is 11.0 Å². The minimum Gasteiger partial charge on any atom is -0.398 e. The first-order valence-corrected chi connectivity index (χ1v) is 6.46. The Balaban J connectivity index is 2.82. The molecular formula is C15H24N2O. The van der Waals surface area contributed by atoms with Gasteiger partial charge < -0.3 is 10.6 Å². The summed E-state index contributed by atoms with van der Waals surface area (Å²) in [5.74, 6) is 0.619. The Morgan fingerprint density at radius 3 is 2.44 bits per heavy atom. The predicted molar refractivity (Wildman–Crippen MR) is 76.6 cm³/mol. The van der Waals surface area contributed by atoms with Crippen LogP contribution in [0.15, 0.2) is 18.2 Å². The van der Waals surface area contributed by atoms with Crippen molar-refractivity contribution in [2.24, 2.45) is 5.92 Å². The van der Waals surface area contributed by atoms with E-state index in [0.29, 0.717) is 17.2 Å². The van der Waals surface area contributed by atoms with Gasteiger partial charge in [-0.2, -0.15) is 0 Å². The number of carbonyl (C=O) groups excluding carboxylic acids is 1. The molecule has 18 heavy (non-hydrogen) atoms. The fraction of sp³-hybridized carbons (Fsp3) is 0.533. The molecule has 0 aliphatic carbocycles. The molecule has 3 nitrogen and oxygen atoms in total. The van der Waals surface area contributed by atoms with E-state index in [2.05, 4.69) is 20.8 Å². The van der Waals surface area contributed by atoms with Crippen molar-refractivity contribution in [3.05, 3.63) is 29.3 Å². The Bertz CT molecular complexity index is 427. The molecule has 1 aromatic rings. The van der Waals surface area contributed by atoms with Gasteiger partial charge in [-0.15, -0.1) is 0 Å². The topological polar surface area (TPSA) is 46.3 Å². The van der Waals surface area contributed by atoms with Crippen molar-refractivity contribution in [3.63, 3.8) is 0 Å². The van der Waals surface area contributed by atoms with Gasteiger partial charge in [-0.25, -0.2) is 0 Å². The molecule has 0 saturated heterocycles. The standard InChI is InChI=1S/C15H24N2O/c1-10(2)8-12(4)17(5)15(18)13-7-6-11(3)14(16)9-13/h6-7,9-10,12H,8,16H2,1-5H3. The van der Waals surface area contributed by atoms with Crippen molar-refractivity contribution in [1.82, 2.24) is 4.90 Å². The Morgan fingerprint density at radius 1 is 1.33 bits per heavy atom. The normalized spacial score (nSPS) is 12.6. The third kappa shape index (κ3) is 3.49. The molecule has 2 N–H and O–H groups in total. The first kappa shape index (κ1) is 14.6. The molecule has 1 rings (SSSR count). The second-order valence-electron chi connectivity index (χ2n) is 5.47. The Labute approximate surface area is 110 Å². The summed E-state index contributed by atoms with van der Waals surface area (Å²) in [6.45, 7) is 8.35. The van der Waals surface area contributed by atoms with Crippen LogP contribution in [-0.2, 0) is 0 Å². The van der Waals surface area contributed by atoms with E-state index in [1.165, 1.54) is 0 Å². The first-order chi connectivity index (χ1) is 8.32. The third-order valence-electron chi connectivity index (χ3n) is 3.32. The van der Waals surface area contributed by atoms with Crippen LogP contribution >= 0.6 is 0 Å². The maximum Gasteiger partial charge on any atom is 0.253 e. The number of amides is 1. The zero-order chi connectivity index (χ0) is 13.9. The Kier molecular flexibility index (Phi) is 4.76. The summed E-state index contributed by atoms with van der Waals surface area (Å²) in [6, 6.07) is 5.73. The smallest absolute Gasteiger partial charge is 0.253 e. The quantitative estimate of drug-likeness (QED) is 0.832. The summed E-state index contributed by atoms with van der Waals surface area (Å²) in [7, 11) is 1.85. The molecule has 1 unspecified atom stereocenters. The summed E-state index contributed by atoms with van der Waals surface area (Å²) in [5.41, 5.74) is 8.18. The van der Waals surface area contributed by atoms with Gasteiger partial charge in [-0.3, -0.25) is 4.79 Å². The van der Waals surface area contributed by atoms with Crippen molar-refractivity contribution in [3.8, 4) is 0 Å². The molecule has 3 heteroatoms. The van der Waals surface area contributed by atoms with Crippen LogP contribution in [0.4, 0.5) is 5.69 Å². The van der Waals surface area contributed by atoms with Gasteiger partial charge in [0.15, 0.2) is 0 Å². The monoisotopic (exact) mass is 248 g/mol. The second-order valence-corrected chi connectivity index (χ2v) is 5.47. The molecule has 0 fully saturated rings. The van der Waals surface area contributed by atoms with Crippen molar-refractivity contribution >= 4 is 11.6 Å². The highest BCUT2D eigenvalue weighted by atomic mass is 16.2. The number of hydrogen-bond acceptors (Lipinski definition) is 2. The predicted octanol–water partition coefficient (Wildman–Crippen LogP) is 3.08. The molecule has 0 spiro atoms. The second kappa shape index (κ2) is 5.89. The van der Waals surface area contributed by atoms with Crippen LogP contribution < -0.4 is 5.73 Å². The average Bonchev–Trinajstić information content (AvgIpc) is 2.30. The van der Waals surface area contributed by atoms with Crippen molar-refractivity contribution in [2.45, 2.75) is 40.2 Å². The highest BCUT2D eigenvalue weighted by Crippen LogP contribution is 2.17. The van der Waals surface area contributed by atoms with E-state index in [0.717, 1.165) is 12.0 Å². The molecule has 0 aliphatic rings. The van der Waals surface area contributed by atoms with Crippen molar-refractivity contribution in [2.75, 3.05) is 12.8 Å². The number of anilines is 1. The number of aryl methyl sites for hydroxylation is 1. The molecule has 1 amide bonds. The van der Waals surface area contributed by atoms with Gasteiger partial charge in [-0.05, 0) is 43.9 Å². The van der Waals surface area contributed by atoms with Crippen LogP contribution in [0.1, 0.15) is 43.1 Å². The third-order valence-corrected chi connectivity index (χ3v) is 3.32. The minimum absolute atomic E-state index is 0.0369. The van der Waals surface area contributed by atoms with Gasteiger partial charge in [0.2, 0.25) is 0 Å². The summed E-state index contributed by atoms with van der Waals surface area (Å²) in [6.07, 6.45) is 1.00. The summed E-state index contributed by atoms with van der Waals surface area (Å²) >= 11 is 0. The number of nitrogens with two attached hydrogens (primary N) is 1. The lowest BCUT2D eigenvalue weighted by Crippen LogP contribution is -2.35. The van der Waals surface area contributed by atoms with Gasteiger partial charge in [0.25, 0.3) is 5.91 Å². The van der Waals surface area contributed by atoms with Gasteiger partial charge in [0.05, 0.1) is 0 Å². The molecule has 0 bridgehead atoms. The molecular weight excluding hydrogens is 224 g/mol. The lowest BCUT2D eigenvalue weighted by molar-refractivity contribution is 0.0728. The van der Waals surface area contributed by atoms with Crippen LogP contribution in [0, 0.1) is 12.8 Å². The largest absolute Gasteiger partial charge is 0.398 e. The fourth-order valence-corrected chi connectivity index (χ4v) is 2.02. The van der Waals surface area contributed by atoms with E-state index in [1.807, 2.05) is 26.1 Å². The molecule has 100 valence electrons. The number of carbonyl (C=O) groups is 1.